The first-order chi connectivity index (χ1) is 16.0. The smallest absolute Gasteiger partial charge is 0.338 e. The molecule has 2 N–H and O–H groups in total. The van der Waals surface area contributed by atoms with Crippen LogP contribution in [0.3, 0.4) is 0 Å². The lowest BCUT2D eigenvalue weighted by molar-refractivity contribution is -0.199. The number of hydrogen-bond acceptors (Lipinski definition) is 7. The molecule has 0 saturated carbocycles. The third-order valence-electron chi connectivity index (χ3n) is 6.56. The van der Waals surface area contributed by atoms with Crippen molar-refractivity contribution in [2.45, 2.75) is 76.0 Å². The number of carbonyl (C=O) groups excluding carboxylic acids is 1. The zero-order valence-electron chi connectivity index (χ0n) is 20.3. The minimum absolute atomic E-state index is 0.135. The Morgan fingerprint density at radius 2 is 1.50 bits per heavy atom. The van der Waals surface area contributed by atoms with E-state index in [-0.39, 0.29) is 11.6 Å². The van der Waals surface area contributed by atoms with Gasteiger partial charge in [0, 0.05) is 0 Å². The molecule has 0 aromatic heterocycles. The molecule has 0 spiro atoms. The Balaban J connectivity index is 1.60. The second-order valence-corrected chi connectivity index (χ2v) is 14.8. The first-order valence-electron chi connectivity index (χ1n) is 11.6. The zero-order chi connectivity index (χ0) is 24.7. The quantitative estimate of drug-likeness (QED) is 0.455. The molecule has 4 rings (SSSR count). The molecule has 0 radical (unpaired) electrons. The molecular formula is C26H34O7Si. The van der Waals surface area contributed by atoms with E-state index in [1.165, 1.54) is 0 Å². The maximum atomic E-state index is 12.3. The number of fused-ring (bicyclic) bond motifs is 1. The van der Waals surface area contributed by atoms with Gasteiger partial charge < -0.3 is 28.8 Å². The Labute approximate surface area is 201 Å². The van der Waals surface area contributed by atoms with Crippen LogP contribution in [0, 0.1) is 0 Å². The Hall–Kier alpha value is -2.07. The summed E-state index contributed by atoms with van der Waals surface area (Å²) in [5, 5.41) is 23.8. The Morgan fingerprint density at radius 1 is 0.971 bits per heavy atom. The molecule has 2 aromatic carbocycles. The van der Waals surface area contributed by atoms with Gasteiger partial charge in [0.1, 0.15) is 18.3 Å². The molecule has 184 valence electrons. The molecule has 0 unspecified atom stereocenters. The van der Waals surface area contributed by atoms with Crippen LogP contribution in [0.25, 0.3) is 0 Å². The summed E-state index contributed by atoms with van der Waals surface area (Å²) >= 11 is 0. The summed E-state index contributed by atoms with van der Waals surface area (Å²) in [6.07, 6.45) is -5.45. The topological polar surface area (TPSA) is 94.5 Å². The van der Waals surface area contributed by atoms with E-state index in [0.29, 0.717) is 0 Å². The average Bonchev–Trinajstić information content (AvgIpc) is 3.27. The third-order valence-corrected chi connectivity index (χ3v) is 11.6. The molecule has 2 aliphatic heterocycles. The summed E-state index contributed by atoms with van der Waals surface area (Å²) < 4.78 is 23.4. The predicted octanol–water partition coefficient (Wildman–Crippen LogP) is 1.73. The maximum absolute atomic E-state index is 12.3. The molecule has 0 bridgehead atoms. The Kier molecular flexibility index (Phi) is 6.76. The van der Waals surface area contributed by atoms with Crippen LogP contribution in [0.4, 0.5) is 0 Å². The molecular weight excluding hydrogens is 452 g/mol. The van der Waals surface area contributed by atoms with Crippen molar-refractivity contribution in [1.29, 1.82) is 0 Å². The number of ether oxygens (including phenoxy) is 3. The minimum atomic E-state index is -2.90. The van der Waals surface area contributed by atoms with Crippen molar-refractivity contribution in [2.75, 3.05) is 6.61 Å². The first-order valence-corrected chi connectivity index (χ1v) is 13.5. The van der Waals surface area contributed by atoms with Crippen LogP contribution < -0.4 is 10.4 Å². The molecule has 0 aliphatic carbocycles. The monoisotopic (exact) mass is 486 g/mol. The first kappa shape index (κ1) is 25.0. The number of aliphatic hydroxyl groups excluding tert-OH is 2. The van der Waals surface area contributed by atoms with Crippen LogP contribution in [0.5, 0.6) is 0 Å². The standard InChI is InChI=1S/C26H34O7Si/c1-25(2,3)34(17-12-8-6-9-13-17,18-14-10-7-11-15-18)30-16-19(27)20(28)21-22-23(24(29)31-21)33-26(4,5)32-22/h6-15,19-23,27-28H,16H2,1-5H3/t19-,20-,21+,22+,23+/m1/s1. The lowest BCUT2D eigenvalue weighted by Crippen LogP contribution is -2.67. The highest BCUT2D eigenvalue weighted by Crippen LogP contribution is 2.39. The van der Waals surface area contributed by atoms with E-state index < -0.39 is 50.6 Å². The van der Waals surface area contributed by atoms with Crippen LogP contribution in [-0.2, 0) is 23.4 Å². The lowest BCUT2D eigenvalue weighted by atomic mass is 10.0. The van der Waals surface area contributed by atoms with E-state index in [4.69, 9.17) is 18.6 Å². The molecule has 34 heavy (non-hydrogen) atoms. The fraction of sp³-hybridized carbons (Fsp3) is 0.500. The number of rotatable bonds is 7. The van der Waals surface area contributed by atoms with Crippen LogP contribution in [0.2, 0.25) is 5.04 Å². The average molecular weight is 487 g/mol. The summed E-state index contributed by atoms with van der Waals surface area (Å²) in [5.41, 5.74) is 0. The third kappa shape index (κ3) is 4.46. The number of hydrogen-bond donors (Lipinski definition) is 2. The van der Waals surface area contributed by atoms with Gasteiger partial charge in [-0.2, -0.15) is 0 Å². The van der Waals surface area contributed by atoms with Gasteiger partial charge in [-0.3, -0.25) is 0 Å². The van der Waals surface area contributed by atoms with E-state index in [1.807, 2.05) is 36.4 Å². The molecule has 2 aliphatic rings. The molecule has 2 fully saturated rings. The number of carbonyl (C=O) groups is 1. The van der Waals surface area contributed by atoms with Gasteiger partial charge in [0.2, 0.25) is 0 Å². The maximum Gasteiger partial charge on any atom is 0.338 e. The molecule has 2 aromatic rings. The lowest BCUT2D eigenvalue weighted by Gasteiger charge is -2.43. The predicted molar refractivity (Wildman–Crippen MR) is 129 cm³/mol. The van der Waals surface area contributed by atoms with Crippen LogP contribution in [-0.4, -0.2) is 67.4 Å². The summed E-state index contributed by atoms with van der Waals surface area (Å²) in [7, 11) is -2.90. The minimum Gasteiger partial charge on any atom is -0.455 e. The van der Waals surface area contributed by atoms with Gasteiger partial charge in [0.25, 0.3) is 8.32 Å². The highest BCUT2D eigenvalue weighted by atomic mass is 28.4. The normalized spacial score (nSPS) is 26.1. The number of benzene rings is 2. The van der Waals surface area contributed by atoms with Gasteiger partial charge in [-0.1, -0.05) is 81.4 Å². The van der Waals surface area contributed by atoms with Crippen LogP contribution in [0.1, 0.15) is 34.6 Å². The summed E-state index contributed by atoms with van der Waals surface area (Å²) in [5.74, 6) is -1.57. The highest BCUT2D eigenvalue weighted by Gasteiger charge is 2.59. The Bertz CT molecular complexity index is 950. The van der Waals surface area contributed by atoms with Gasteiger partial charge in [-0.05, 0) is 29.3 Å². The van der Waals surface area contributed by atoms with Gasteiger partial charge in [0.05, 0.1) is 6.61 Å². The van der Waals surface area contributed by atoms with E-state index in [9.17, 15) is 15.0 Å². The van der Waals surface area contributed by atoms with Crippen molar-refractivity contribution < 1.29 is 33.6 Å². The molecule has 8 heteroatoms. The van der Waals surface area contributed by atoms with E-state index in [2.05, 4.69) is 45.0 Å². The van der Waals surface area contributed by atoms with Crippen molar-refractivity contribution >= 4 is 24.7 Å². The van der Waals surface area contributed by atoms with Crippen molar-refractivity contribution in [3.63, 3.8) is 0 Å². The highest BCUT2D eigenvalue weighted by molar-refractivity contribution is 6.99. The zero-order valence-corrected chi connectivity index (χ0v) is 21.3. The fourth-order valence-corrected chi connectivity index (χ4v) is 9.61. The van der Waals surface area contributed by atoms with Crippen LogP contribution in [0.15, 0.2) is 60.7 Å². The molecule has 2 heterocycles. The Morgan fingerprint density at radius 3 is 2.00 bits per heavy atom. The van der Waals surface area contributed by atoms with Gasteiger partial charge in [-0.15, -0.1) is 0 Å². The molecule has 7 nitrogen and oxygen atoms in total. The van der Waals surface area contributed by atoms with E-state index >= 15 is 0 Å². The molecule has 2 saturated heterocycles. The summed E-state index contributed by atoms with van der Waals surface area (Å²) in [6.45, 7) is 9.67. The van der Waals surface area contributed by atoms with Crippen molar-refractivity contribution in [3.8, 4) is 0 Å². The van der Waals surface area contributed by atoms with Gasteiger partial charge in [-0.25, -0.2) is 4.79 Å². The van der Waals surface area contributed by atoms with Crippen molar-refractivity contribution in [2.24, 2.45) is 0 Å². The number of cyclic esters (lactones) is 1. The van der Waals surface area contributed by atoms with E-state index in [1.54, 1.807) is 13.8 Å². The largest absolute Gasteiger partial charge is 0.455 e. The summed E-state index contributed by atoms with van der Waals surface area (Å²) in [4.78, 5) is 12.3. The second kappa shape index (κ2) is 9.18. The summed E-state index contributed by atoms with van der Waals surface area (Å²) in [6, 6.07) is 20.1. The van der Waals surface area contributed by atoms with Gasteiger partial charge in [0.15, 0.2) is 18.0 Å². The van der Waals surface area contributed by atoms with Crippen molar-refractivity contribution in [1.82, 2.24) is 0 Å². The molecule has 5 atom stereocenters. The number of aliphatic hydroxyl groups is 2. The fourth-order valence-electron chi connectivity index (χ4n) is 5.03. The van der Waals surface area contributed by atoms with E-state index in [0.717, 1.165) is 10.4 Å². The molecule has 0 amide bonds. The SMILES string of the molecule is CC1(C)O[C@H]2[C@H]([C@H](O)[C@H](O)CO[Si](c3ccccc3)(c3ccccc3)C(C)(C)C)OC(=O)[C@H]2O1. The van der Waals surface area contributed by atoms with Crippen molar-refractivity contribution in [3.05, 3.63) is 60.7 Å². The van der Waals surface area contributed by atoms with Gasteiger partial charge >= 0.3 is 5.97 Å². The number of esters is 1. The van der Waals surface area contributed by atoms with Crippen LogP contribution >= 0.6 is 0 Å². The second-order valence-electron chi connectivity index (χ2n) is 10.5.